The Kier molecular flexibility index (Phi) is 9.38. The van der Waals surface area contributed by atoms with Crippen molar-refractivity contribution >= 4 is 28.7 Å². The zero-order chi connectivity index (χ0) is 28.8. The topological polar surface area (TPSA) is 201 Å². The van der Waals surface area contributed by atoms with Gasteiger partial charge in [-0.3, -0.25) is 19.7 Å². The number of rotatable bonds is 12. The number of likely N-dealkylation sites (tertiary alicyclic amines) is 1. The molecule has 2 amide bonds. The Bertz CT molecular complexity index is 1330. The highest BCUT2D eigenvalue weighted by atomic mass is 16.4. The first-order valence-electron chi connectivity index (χ1n) is 13.1. The molecule has 40 heavy (non-hydrogen) atoms. The number of nitrogens with one attached hydrogen (secondary N) is 3. The summed E-state index contributed by atoms with van der Waals surface area (Å²) >= 11 is 0. The van der Waals surface area contributed by atoms with Crippen molar-refractivity contribution in [3.8, 4) is 5.75 Å². The fraction of sp³-hybridized carbons (Fsp3) is 0.393. The molecule has 3 aromatic rings. The number of aliphatic carboxylic acids is 1. The Balaban J connectivity index is 1.55. The van der Waals surface area contributed by atoms with Gasteiger partial charge in [-0.25, -0.2) is 0 Å². The summed E-state index contributed by atoms with van der Waals surface area (Å²) < 4.78 is 0. The lowest BCUT2D eigenvalue weighted by Crippen LogP contribution is -2.59. The number of carboxylic acid groups (broad SMARTS) is 1. The molecular weight excluding hydrogens is 518 g/mol. The molecule has 1 aromatic heterocycles. The van der Waals surface area contributed by atoms with E-state index in [1.807, 2.05) is 24.3 Å². The standard InChI is InChI=1S/C28H35N5O7/c29-20(15-34)27(38)33-11-3-6-24(33)26(37)31-22(13-17-14-30-21-5-2-1-4-19(17)21)25(36)32-23(28(39)40)12-16-7-9-18(35)10-8-16/h1-2,4-5,7-10,14,20,22-25,30,32,34-36H,3,6,11-13,15,29H2,(H,31,37)(H,39,40)/t20-,22-,23-,24-,25?/m0/s1. The molecule has 4 rings (SSSR count). The van der Waals surface area contributed by atoms with Crippen molar-refractivity contribution in [1.82, 2.24) is 20.5 Å². The highest BCUT2D eigenvalue weighted by Gasteiger charge is 2.38. The Morgan fingerprint density at radius 1 is 1.10 bits per heavy atom. The van der Waals surface area contributed by atoms with Crippen LogP contribution in [-0.4, -0.2) is 91.6 Å². The molecule has 1 aliphatic rings. The fourth-order valence-corrected chi connectivity index (χ4v) is 5.06. The number of hydrogen-bond donors (Lipinski definition) is 8. The second kappa shape index (κ2) is 12.9. The van der Waals surface area contributed by atoms with Crippen molar-refractivity contribution in [3.05, 3.63) is 65.9 Å². The van der Waals surface area contributed by atoms with Crippen LogP contribution >= 0.6 is 0 Å². The number of carbonyl (C=O) groups excluding carboxylic acids is 2. The zero-order valence-corrected chi connectivity index (χ0v) is 21.9. The molecule has 9 N–H and O–H groups in total. The van der Waals surface area contributed by atoms with Crippen molar-refractivity contribution in [1.29, 1.82) is 0 Å². The van der Waals surface area contributed by atoms with Crippen LogP contribution in [0.25, 0.3) is 10.9 Å². The smallest absolute Gasteiger partial charge is 0.321 e. The normalized spacial score (nSPS) is 18.3. The molecule has 1 aliphatic heterocycles. The van der Waals surface area contributed by atoms with Crippen molar-refractivity contribution < 1.29 is 34.8 Å². The molecule has 0 spiro atoms. The van der Waals surface area contributed by atoms with Gasteiger partial charge in [-0.1, -0.05) is 30.3 Å². The number of carboxylic acids is 1. The number of hydrogen-bond acceptors (Lipinski definition) is 8. The number of aromatic nitrogens is 1. The number of nitrogens with zero attached hydrogens (tertiary/aromatic N) is 1. The van der Waals surface area contributed by atoms with Crippen LogP contribution in [0.15, 0.2) is 54.7 Å². The average molecular weight is 554 g/mol. The van der Waals surface area contributed by atoms with Gasteiger partial charge in [0.25, 0.3) is 0 Å². The molecule has 0 aliphatic carbocycles. The number of aliphatic hydroxyl groups excluding tert-OH is 2. The third-order valence-corrected chi connectivity index (χ3v) is 7.22. The number of phenols is 1. The quantitative estimate of drug-likeness (QED) is 0.140. The monoisotopic (exact) mass is 553 g/mol. The van der Waals surface area contributed by atoms with Gasteiger partial charge < -0.3 is 41.4 Å². The van der Waals surface area contributed by atoms with E-state index >= 15 is 0 Å². The first kappa shape index (κ1) is 29.0. The van der Waals surface area contributed by atoms with E-state index in [1.54, 1.807) is 18.3 Å². The largest absolute Gasteiger partial charge is 0.508 e. The SMILES string of the molecule is N[C@@H](CO)C(=O)N1CCC[C@H]1C(=O)N[C@@H](Cc1c[nH]c2ccccc12)C(O)N[C@@H](Cc1ccc(O)cc1)C(=O)O. The lowest BCUT2D eigenvalue weighted by Gasteiger charge is -2.31. The van der Waals surface area contributed by atoms with E-state index < -0.39 is 54.8 Å². The van der Waals surface area contributed by atoms with Crippen LogP contribution in [-0.2, 0) is 27.2 Å². The molecule has 1 unspecified atom stereocenters. The van der Waals surface area contributed by atoms with E-state index in [4.69, 9.17) is 5.73 Å². The van der Waals surface area contributed by atoms with Gasteiger partial charge in [-0.2, -0.15) is 0 Å². The van der Waals surface area contributed by atoms with Crippen LogP contribution in [0, 0.1) is 0 Å². The number of nitrogens with two attached hydrogens (primary N) is 1. The minimum Gasteiger partial charge on any atom is -0.508 e. The predicted molar refractivity (Wildman–Crippen MR) is 146 cm³/mol. The third-order valence-electron chi connectivity index (χ3n) is 7.22. The Morgan fingerprint density at radius 3 is 2.52 bits per heavy atom. The van der Waals surface area contributed by atoms with Crippen LogP contribution < -0.4 is 16.4 Å². The van der Waals surface area contributed by atoms with E-state index in [-0.39, 0.29) is 18.6 Å². The second-order valence-electron chi connectivity index (χ2n) is 10.0. The van der Waals surface area contributed by atoms with Crippen LogP contribution in [0.4, 0.5) is 0 Å². The molecule has 1 saturated heterocycles. The highest BCUT2D eigenvalue weighted by molar-refractivity contribution is 5.90. The van der Waals surface area contributed by atoms with Gasteiger partial charge in [-0.05, 0) is 55.0 Å². The first-order chi connectivity index (χ1) is 19.2. The summed E-state index contributed by atoms with van der Waals surface area (Å²) in [7, 11) is 0. The van der Waals surface area contributed by atoms with E-state index in [2.05, 4.69) is 15.6 Å². The summed E-state index contributed by atoms with van der Waals surface area (Å²) in [5.41, 5.74) is 8.00. The number of carbonyl (C=O) groups is 3. The fourth-order valence-electron chi connectivity index (χ4n) is 5.06. The number of amides is 2. The van der Waals surface area contributed by atoms with E-state index in [0.717, 1.165) is 16.5 Å². The number of fused-ring (bicyclic) bond motifs is 1. The number of para-hydroxylation sites is 1. The summed E-state index contributed by atoms with van der Waals surface area (Å²) in [5.74, 6) is -2.20. The molecule has 2 aromatic carbocycles. The van der Waals surface area contributed by atoms with E-state index in [9.17, 15) is 34.8 Å². The van der Waals surface area contributed by atoms with Crippen LogP contribution in [0.5, 0.6) is 5.75 Å². The van der Waals surface area contributed by atoms with E-state index in [0.29, 0.717) is 24.9 Å². The second-order valence-corrected chi connectivity index (χ2v) is 10.0. The summed E-state index contributed by atoms with van der Waals surface area (Å²) in [6.07, 6.45) is 1.44. The van der Waals surface area contributed by atoms with Gasteiger partial charge >= 0.3 is 5.97 Å². The molecule has 12 nitrogen and oxygen atoms in total. The average Bonchev–Trinajstić information content (AvgIpc) is 3.60. The molecule has 0 radical (unpaired) electrons. The molecule has 2 heterocycles. The maximum Gasteiger partial charge on any atom is 0.321 e. The molecule has 12 heteroatoms. The Hall–Kier alpha value is -3.97. The number of aromatic hydroxyl groups is 1. The van der Waals surface area contributed by atoms with Gasteiger partial charge in [0.15, 0.2) is 0 Å². The molecule has 0 bridgehead atoms. The van der Waals surface area contributed by atoms with E-state index in [1.165, 1.54) is 17.0 Å². The number of aromatic amines is 1. The van der Waals surface area contributed by atoms with Crippen LogP contribution in [0.1, 0.15) is 24.0 Å². The third kappa shape index (κ3) is 6.77. The molecular formula is C28H35N5O7. The molecule has 214 valence electrons. The van der Waals surface area contributed by atoms with Crippen LogP contribution in [0.3, 0.4) is 0 Å². The first-order valence-corrected chi connectivity index (χ1v) is 13.1. The maximum absolute atomic E-state index is 13.4. The van der Waals surface area contributed by atoms with Gasteiger partial charge in [0.05, 0.1) is 12.6 Å². The summed E-state index contributed by atoms with van der Waals surface area (Å²) in [6.45, 7) is -0.237. The highest BCUT2D eigenvalue weighted by Crippen LogP contribution is 2.22. The van der Waals surface area contributed by atoms with Crippen molar-refractivity contribution in [2.75, 3.05) is 13.2 Å². The molecule has 1 fully saturated rings. The predicted octanol–water partition coefficient (Wildman–Crippen LogP) is -0.185. The lowest BCUT2D eigenvalue weighted by molar-refractivity contribution is -0.142. The molecule has 5 atom stereocenters. The zero-order valence-electron chi connectivity index (χ0n) is 21.9. The maximum atomic E-state index is 13.4. The number of aliphatic hydroxyl groups is 2. The van der Waals surface area contributed by atoms with Crippen molar-refractivity contribution in [3.63, 3.8) is 0 Å². The van der Waals surface area contributed by atoms with Crippen molar-refractivity contribution in [2.45, 2.75) is 56.1 Å². The number of benzene rings is 2. The Morgan fingerprint density at radius 2 is 1.82 bits per heavy atom. The van der Waals surface area contributed by atoms with Crippen molar-refractivity contribution in [2.24, 2.45) is 5.73 Å². The van der Waals surface area contributed by atoms with Crippen LogP contribution in [0.2, 0.25) is 0 Å². The van der Waals surface area contributed by atoms with Gasteiger partial charge in [0.1, 0.15) is 30.1 Å². The number of phenolic OH excluding ortho intramolecular Hbond substituents is 1. The lowest BCUT2D eigenvalue weighted by atomic mass is 10.0. The van der Waals surface area contributed by atoms with Gasteiger partial charge in [0.2, 0.25) is 11.8 Å². The molecule has 0 saturated carbocycles. The van der Waals surface area contributed by atoms with Gasteiger partial charge in [-0.15, -0.1) is 0 Å². The summed E-state index contributed by atoms with van der Waals surface area (Å²) in [5, 5.41) is 46.4. The van der Waals surface area contributed by atoms with Gasteiger partial charge in [0, 0.05) is 23.6 Å². The summed E-state index contributed by atoms with van der Waals surface area (Å²) in [6, 6.07) is 9.48. The number of H-pyrrole nitrogens is 1. The Labute approximate surface area is 230 Å². The summed E-state index contributed by atoms with van der Waals surface area (Å²) in [4.78, 5) is 42.6. The minimum absolute atomic E-state index is 0.0182. The minimum atomic E-state index is -1.47.